The summed E-state index contributed by atoms with van der Waals surface area (Å²) < 4.78 is 36.0. The lowest BCUT2D eigenvalue weighted by atomic mass is 10.1. The minimum absolute atomic E-state index is 0.0173. The van der Waals surface area contributed by atoms with Crippen molar-refractivity contribution in [2.24, 2.45) is 0 Å². The third-order valence-electron chi connectivity index (χ3n) is 5.07. The Balaban J connectivity index is 1.75. The van der Waals surface area contributed by atoms with Gasteiger partial charge in [-0.15, -0.1) is 0 Å². The fourth-order valence-corrected chi connectivity index (χ4v) is 5.35. The normalized spacial score (nSPS) is 11.5. The summed E-state index contributed by atoms with van der Waals surface area (Å²) in [6, 6.07) is 17.0. The third kappa shape index (κ3) is 4.01. The summed E-state index contributed by atoms with van der Waals surface area (Å²) in [5.41, 5.74) is 2.11. The highest BCUT2D eigenvalue weighted by Gasteiger charge is 2.21. The summed E-state index contributed by atoms with van der Waals surface area (Å²) in [7, 11) is -2.49. The van der Waals surface area contributed by atoms with E-state index in [1.807, 2.05) is 6.07 Å². The van der Waals surface area contributed by atoms with Crippen LogP contribution in [0.3, 0.4) is 0 Å². The van der Waals surface area contributed by atoms with Crippen molar-refractivity contribution in [3.63, 3.8) is 0 Å². The van der Waals surface area contributed by atoms with E-state index in [0.29, 0.717) is 38.1 Å². The van der Waals surface area contributed by atoms with Crippen molar-refractivity contribution in [1.29, 1.82) is 0 Å². The second-order valence-electron chi connectivity index (χ2n) is 7.22. The zero-order chi connectivity index (χ0) is 23.0. The minimum atomic E-state index is -3.91. The standard InChI is InChI=1S/C23H20BrN3O4S/c1-14-12-17(27-15(2)25-20-7-5-4-6-18(20)23(27)28)9-10-19(14)26-32(29,30)22-13-16(24)8-11-21(22)31-3/h4-13,26H,1-3H3. The average Bonchev–Trinajstić information content (AvgIpc) is 2.75. The van der Waals surface area contributed by atoms with Crippen LogP contribution in [0.1, 0.15) is 11.4 Å². The Morgan fingerprint density at radius 2 is 1.78 bits per heavy atom. The summed E-state index contributed by atoms with van der Waals surface area (Å²) >= 11 is 3.30. The molecule has 0 fully saturated rings. The summed E-state index contributed by atoms with van der Waals surface area (Å²) in [6.07, 6.45) is 0. The first-order chi connectivity index (χ1) is 15.2. The number of rotatable bonds is 5. The minimum Gasteiger partial charge on any atom is -0.495 e. The lowest BCUT2D eigenvalue weighted by Gasteiger charge is -2.16. The summed E-state index contributed by atoms with van der Waals surface area (Å²) in [4.78, 5) is 17.6. The second-order valence-corrected chi connectivity index (χ2v) is 9.78. The Morgan fingerprint density at radius 3 is 2.50 bits per heavy atom. The van der Waals surface area contributed by atoms with Crippen LogP contribution >= 0.6 is 15.9 Å². The Labute approximate surface area is 193 Å². The predicted octanol–water partition coefficient (Wildman–Crippen LogP) is 4.57. The molecule has 0 saturated carbocycles. The van der Waals surface area contributed by atoms with Crippen LogP contribution in [-0.2, 0) is 10.0 Å². The Kier molecular flexibility index (Phi) is 5.79. The van der Waals surface area contributed by atoms with Crippen LogP contribution in [0.25, 0.3) is 16.6 Å². The first kappa shape index (κ1) is 22.0. The van der Waals surface area contributed by atoms with Crippen molar-refractivity contribution in [3.8, 4) is 11.4 Å². The van der Waals surface area contributed by atoms with Crippen molar-refractivity contribution in [2.45, 2.75) is 18.7 Å². The SMILES string of the molecule is COc1ccc(Br)cc1S(=O)(=O)Nc1ccc(-n2c(C)nc3ccccc3c2=O)cc1C. The van der Waals surface area contributed by atoms with Gasteiger partial charge >= 0.3 is 0 Å². The molecule has 0 spiro atoms. The van der Waals surface area contributed by atoms with Gasteiger partial charge < -0.3 is 4.74 Å². The summed E-state index contributed by atoms with van der Waals surface area (Å²) in [6.45, 7) is 3.54. The van der Waals surface area contributed by atoms with Crippen molar-refractivity contribution in [1.82, 2.24) is 9.55 Å². The third-order valence-corrected chi connectivity index (χ3v) is 6.95. The molecule has 32 heavy (non-hydrogen) atoms. The Hall–Kier alpha value is -3.17. The number of sulfonamides is 1. The first-order valence-corrected chi connectivity index (χ1v) is 11.9. The van der Waals surface area contributed by atoms with Crippen LogP contribution in [-0.4, -0.2) is 25.1 Å². The van der Waals surface area contributed by atoms with Gasteiger partial charge in [0.05, 0.1) is 29.4 Å². The van der Waals surface area contributed by atoms with Gasteiger partial charge in [0.25, 0.3) is 15.6 Å². The van der Waals surface area contributed by atoms with Gasteiger partial charge in [0.1, 0.15) is 16.5 Å². The van der Waals surface area contributed by atoms with Crippen molar-refractivity contribution in [2.75, 3.05) is 11.8 Å². The molecule has 0 bridgehead atoms. The number of para-hydroxylation sites is 1. The zero-order valence-corrected chi connectivity index (χ0v) is 20.0. The van der Waals surface area contributed by atoms with E-state index >= 15 is 0 Å². The fourth-order valence-electron chi connectivity index (χ4n) is 3.51. The van der Waals surface area contributed by atoms with E-state index in [2.05, 4.69) is 25.6 Å². The van der Waals surface area contributed by atoms with Gasteiger partial charge in [-0.2, -0.15) is 0 Å². The van der Waals surface area contributed by atoms with Crippen LogP contribution in [0.2, 0.25) is 0 Å². The molecule has 3 aromatic carbocycles. The number of nitrogens with one attached hydrogen (secondary N) is 1. The number of ether oxygens (including phenoxy) is 1. The quantitative estimate of drug-likeness (QED) is 0.421. The highest BCUT2D eigenvalue weighted by Crippen LogP contribution is 2.30. The number of aryl methyl sites for hydroxylation is 2. The Bertz CT molecular complexity index is 1510. The second kappa shape index (κ2) is 8.40. The predicted molar refractivity (Wildman–Crippen MR) is 128 cm³/mol. The van der Waals surface area contributed by atoms with E-state index in [9.17, 15) is 13.2 Å². The number of aromatic nitrogens is 2. The lowest BCUT2D eigenvalue weighted by molar-refractivity contribution is 0.403. The molecule has 1 N–H and O–H groups in total. The molecule has 0 unspecified atom stereocenters. The molecule has 0 amide bonds. The van der Waals surface area contributed by atoms with Crippen molar-refractivity contribution < 1.29 is 13.2 Å². The maximum Gasteiger partial charge on any atom is 0.265 e. The molecule has 1 heterocycles. The Morgan fingerprint density at radius 1 is 1.03 bits per heavy atom. The van der Waals surface area contributed by atoms with E-state index in [1.54, 1.807) is 62.4 Å². The highest BCUT2D eigenvalue weighted by atomic mass is 79.9. The molecule has 9 heteroatoms. The molecule has 4 rings (SSSR count). The van der Waals surface area contributed by atoms with E-state index in [0.717, 1.165) is 0 Å². The van der Waals surface area contributed by atoms with Gasteiger partial charge in [0, 0.05) is 4.47 Å². The van der Waals surface area contributed by atoms with E-state index in [4.69, 9.17) is 4.74 Å². The topological polar surface area (TPSA) is 90.3 Å². The first-order valence-electron chi connectivity index (χ1n) is 9.67. The van der Waals surface area contributed by atoms with Crippen LogP contribution in [0.15, 0.2) is 74.8 Å². The van der Waals surface area contributed by atoms with Gasteiger partial charge in [-0.05, 0) is 67.9 Å². The van der Waals surface area contributed by atoms with Crippen LogP contribution in [0, 0.1) is 13.8 Å². The number of halogens is 1. The maximum absolute atomic E-state index is 13.1. The van der Waals surface area contributed by atoms with Gasteiger partial charge in [0.2, 0.25) is 0 Å². The molecule has 0 aliphatic carbocycles. The molecule has 0 aliphatic heterocycles. The molecule has 7 nitrogen and oxygen atoms in total. The molecule has 0 aliphatic rings. The molecule has 0 radical (unpaired) electrons. The lowest BCUT2D eigenvalue weighted by Crippen LogP contribution is -2.22. The number of anilines is 1. The van der Waals surface area contributed by atoms with Crippen LogP contribution < -0.4 is 15.0 Å². The zero-order valence-electron chi connectivity index (χ0n) is 17.6. The van der Waals surface area contributed by atoms with Gasteiger partial charge in [-0.3, -0.25) is 14.1 Å². The monoisotopic (exact) mass is 513 g/mol. The molecule has 4 aromatic rings. The van der Waals surface area contributed by atoms with Gasteiger partial charge in [-0.25, -0.2) is 13.4 Å². The van der Waals surface area contributed by atoms with Crippen molar-refractivity contribution >= 4 is 42.5 Å². The maximum atomic E-state index is 13.1. The number of hydrogen-bond acceptors (Lipinski definition) is 5. The average molecular weight is 514 g/mol. The number of methoxy groups -OCH3 is 1. The molecule has 164 valence electrons. The van der Waals surface area contributed by atoms with E-state index < -0.39 is 10.0 Å². The number of benzene rings is 3. The number of fused-ring (bicyclic) bond motifs is 1. The van der Waals surface area contributed by atoms with E-state index in [1.165, 1.54) is 17.7 Å². The van der Waals surface area contributed by atoms with Gasteiger partial charge in [0.15, 0.2) is 0 Å². The number of hydrogen-bond donors (Lipinski definition) is 1. The van der Waals surface area contributed by atoms with Gasteiger partial charge in [-0.1, -0.05) is 28.1 Å². The molecule has 0 saturated heterocycles. The molecular weight excluding hydrogens is 494 g/mol. The fraction of sp³-hybridized carbons (Fsp3) is 0.130. The molecular formula is C23H20BrN3O4S. The smallest absolute Gasteiger partial charge is 0.265 e. The summed E-state index contributed by atoms with van der Waals surface area (Å²) in [5, 5.41) is 0.516. The molecule has 1 aromatic heterocycles. The van der Waals surface area contributed by atoms with Crippen LogP contribution in [0.5, 0.6) is 5.75 Å². The molecule has 0 atom stereocenters. The largest absolute Gasteiger partial charge is 0.495 e. The highest BCUT2D eigenvalue weighted by molar-refractivity contribution is 9.10. The van der Waals surface area contributed by atoms with Crippen molar-refractivity contribution in [3.05, 3.63) is 86.9 Å². The summed E-state index contributed by atoms with van der Waals surface area (Å²) in [5.74, 6) is 0.777. The van der Waals surface area contributed by atoms with E-state index in [-0.39, 0.29) is 16.2 Å². The number of nitrogens with zero attached hydrogens (tertiary/aromatic N) is 2. The van der Waals surface area contributed by atoms with Crippen LogP contribution in [0.4, 0.5) is 5.69 Å².